The van der Waals surface area contributed by atoms with Gasteiger partial charge in [-0.1, -0.05) is 41.9 Å². The molecule has 3 aromatic rings. The lowest BCUT2D eigenvalue weighted by molar-refractivity contribution is -0.710. The zero-order valence-electron chi connectivity index (χ0n) is 24.4. The number of ether oxygens (including phenoxy) is 1. The fourth-order valence-corrected chi connectivity index (χ4v) is 6.07. The van der Waals surface area contributed by atoms with Gasteiger partial charge in [0.2, 0.25) is 15.3 Å². The topological polar surface area (TPSA) is 156 Å². The van der Waals surface area contributed by atoms with Crippen LogP contribution in [0, 0.1) is 5.21 Å². The molecule has 44 heavy (non-hydrogen) atoms. The predicted octanol–water partition coefficient (Wildman–Crippen LogP) is 4.18. The third-order valence-corrected chi connectivity index (χ3v) is 8.79. The van der Waals surface area contributed by atoms with Gasteiger partial charge in [0, 0.05) is 12.1 Å². The Morgan fingerprint density at radius 1 is 1.09 bits per heavy atom. The van der Waals surface area contributed by atoms with Crippen LogP contribution < -0.4 is 15.2 Å². The minimum atomic E-state index is -4.12. The van der Waals surface area contributed by atoms with Crippen LogP contribution in [-0.4, -0.2) is 56.2 Å². The van der Waals surface area contributed by atoms with Crippen molar-refractivity contribution < 1.29 is 32.6 Å². The molecule has 1 atom stereocenters. The molecule has 0 saturated carbocycles. The molecule has 0 aromatic heterocycles. The predicted molar refractivity (Wildman–Crippen MR) is 162 cm³/mol. The third-order valence-electron chi connectivity index (χ3n) is 6.91. The van der Waals surface area contributed by atoms with Crippen LogP contribution in [0.4, 0.5) is 5.69 Å². The summed E-state index contributed by atoms with van der Waals surface area (Å²) in [5.74, 6) is -1.20. The number of rotatable bonds is 13. The van der Waals surface area contributed by atoms with Gasteiger partial charge in [-0.2, -0.15) is 0 Å². The van der Waals surface area contributed by atoms with Crippen molar-refractivity contribution in [1.29, 1.82) is 0 Å². The first-order valence-corrected chi connectivity index (χ1v) is 15.7. The van der Waals surface area contributed by atoms with Gasteiger partial charge in [0.25, 0.3) is 12.7 Å². The van der Waals surface area contributed by atoms with Gasteiger partial charge < -0.3 is 14.8 Å². The summed E-state index contributed by atoms with van der Waals surface area (Å²) >= 11 is 6.23. The summed E-state index contributed by atoms with van der Waals surface area (Å²) in [4.78, 5) is 30.1. The van der Waals surface area contributed by atoms with Crippen molar-refractivity contribution in [2.24, 2.45) is 5.28 Å². The fourth-order valence-electron chi connectivity index (χ4n) is 4.53. The van der Waals surface area contributed by atoms with E-state index in [1.807, 2.05) is 31.2 Å². The zero-order chi connectivity index (χ0) is 31.9. The molecule has 3 aromatic carbocycles. The van der Waals surface area contributed by atoms with E-state index in [0.29, 0.717) is 18.7 Å². The van der Waals surface area contributed by atoms with Crippen LogP contribution in [0.5, 0.6) is 0 Å². The molecule has 0 bridgehead atoms. The Morgan fingerprint density at radius 3 is 2.48 bits per heavy atom. The molecule has 1 aliphatic rings. The Morgan fingerprint density at radius 2 is 1.77 bits per heavy atom. The number of hydrazine groups is 2. The van der Waals surface area contributed by atoms with E-state index in [1.54, 1.807) is 31.0 Å². The molecule has 1 aliphatic heterocycles. The second kappa shape index (κ2) is 14.4. The molecule has 0 radical (unpaired) electrons. The van der Waals surface area contributed by atoms with Crippen LogP contribution in [0.25, 0.3) is 0 Å². The lowest BCUT2D eigenvalue weighted by Crippen LogP contribution is -2.45. The lowest BCUT2D eigenvalue weighted by atomic mass is 10.1. The standard InChI is InChI=1S/C29H33ClN6O7S/c1-4-34(5-2)36(39)33-43-19-42-29(38)22-12-10-21(11-13-22)18-31-44(40,41)27-17-24(14-15-25(27)30)28(37)32-35-20(3)16-23-8-6-7-9-26(23)35/h6-15,17,20,31H,4-5,16,18-19H2,1-3H3,(H,32,37)/b36-33+/t20-/m1/s1. The number of benzene rings is 3. The van der Waals surface area contributed by atoms with E-state index in [9.17, 15) is 23.2 Å². The maximum atomic E-state index is 13.1. The smallest absolute Gasteiger partial charge is 0.341 e. The molecule has 0 aliphatic carbocycles. The molecule has 0 fully saturated rings. The Bertz CT molecular complexity index is 1630. The molecule has 0 spiro atoms. The molecule has 4 rings (SSSR count). The molecule has 15 heteroatoms. The van der Waals surface area contributed by atoms with Crippen molar-refractivity contribution in [3.05, 3.63) is 99.2 Å². The number of hydrogen-bond donors (Lipinski definition) is 2. The number of fused-ring (bicyclic) bond motifs is 1. The molecule has 2 N–H and O–H groups in total. The molecule has 13 nitrogen and oxygen atoms in total. The van der Waals surface area contributed by atoms with Crippen molar-refractivity contribution >= 4 is 39.2 Å². The quantitative estimate of drug-likeness (QED) is 0.0696. The van der Waals surface area contributed by atoms with E-state index < -0.39 is 28.7 Å². The molecule has 0 unspecified atom stereocenters. The first-order chi connectivity index (χ1) is 21.0. The van der Waals surface area contributed by atoms with Crippen LogP contribution in [-0.2, 0) is 32.6 Å². The van der Waals surface area contributed by atoms with Gasteiger partial charge in [0.1, 0.15) is 4.90 Å². The fraction of sp³-hybridized carbons (Fsp3) is 0.310. The number of carbonyl (C=O) groups excluding carboxylic acids is 2. The van der Waals surface area contributed by atoms with Crippen LogP contribution in [0.3, 0.4) is 0 Å². The normalized spacial score (nSPS) is 14.6. The first-order valence-electron chi connectivity index (χ1n) is 13.8. The number of hydrogen-bond acceptors (Lipinski definition) is 9. The van der Waals surface area contributed by atoms with Crippen LogP contribution >= 0.6 is 11.6 Å². The van der Waals surface area contributed by atoms with Crippen molar-refractivity contribution in [2.75, 3.05) is 24.9 Å². The van der Waals surface area contributed by atoms with Crippen molar-refractivity contribution in [2.45, 2.75) is 44.7 Å². The Balaban J connectivity index is 1.34. The Hall–Kier alpha value is -4.40. The van der Waals surface area contributed by atoms with E-state index in [4.69, 9.17) is 21.2 Å². The SMILES string of the molecule is CCN(CC)/[N+]([O-])=N\OCOC(=O)c1ccc(CNS(=O)(=O)c2cc(C(=O)NN3c4ccccc4C[C@H]3C)ccc2Cl)cc1. The summed E-state index contributed by atoms with van der Waals surface area (Å²) in [6.45, 7) is 5.73. The van der Waals surface area contributed by atoms with E-state index in [1.165, 1.54) is 35.3 Å². The second-order valence-electron chi connectivity index (χ2n) is 9.81. The van der Waals surface area contributed by atoms with E-state index in [0.717, 1.165) is 17.7 Å². The summed E-state index contributed by atoms with van der Waals surface area (Å²) < 4.78 is 33.7. The van der Waals surface area contributed by atoms with Crippen LogP contribution in [0.2, 0.25) is 5.02 Å². The average molecular weight is 645 g/mol. The number of amides is 1. The number of carbonyl (C=O) groups is 2. The average Bonchev–Trinajstić information content (AvgIpc) is 3.33. The number of anilines is 1. The minimum Gasteiger partial charge on any atom is -0.569 e. The number of para-hydroxylation sites is 1. The van der Waals surface area contributed by atoms with Gasteiger partial charge in [-0.05, 0) is 74.7 Å². The van der Waals surface area contributed by atoms with Gasteiger partial charge in [0.15, 0.2) is 0 Å². The third kappa shape index (κ3) is 7.75. The first kappa shape index (κ1) is 32.5. The largest absolute Gasteiger partial charge is 0.569 e. The van der Waals surface area contributed by atoms with Gasteiger partial charge in [-0.25, -0.2) is 17.9 Å². The highest BCUT2D eigenvalue weighted by Gasteiger charge is 2.28. The maximum absolute atomic E-state index is 13.1. The van der Waals surface area contributed by atoms with E-state index in [-0.39, 0.29) is 38.6 Å². The van der Waals surface area contributed by atoms with Crippen molar-refractivity contribution in [1.82, 2.24) is 15.2 Å². The summed E-state index contributed by atoms with van der Waals surface area (Å²) in [5.41, 5.74) is 5.72. The molecule has 0 saturated heterocycles. The summed E-state index contributed by atoms with van der Waals surface area (Å²) in [7, 11) is -4.12. The van der Waals surface area contributed by atoms with Gasteiger partial charge in [-0.3, -0.25) is 15.2 Å². The van der Waals surface area contributed by atoms with Gasteiger partial charge in [0.05, 0.1) is 40.4 Å². The van der Waals surface area contributed by atoms with Crippen LogP contribution in [0.15, 0.2) is 76.9 Å². The highest BCUT2D eigenvalue weighted by molar-refractivity contribution is 7.89. The maximum Gasteiger partial charge on any atom is 0.341 e. The highest BCUT2D eigenvalue weighted by Crippen LogP contribution is 2.30. The van der Waals surface area contributed by atoms with E-state index in [2.05, 4.69) is 15.4 Å². The number of nitrogens with one attached hydrogen (secondary N) is 2. The number of esters is 1. The van der Waals surface area contributed by atoms with E-state index >= 15 is 0 Å². The highest BCUT2D eigenvalue weighted by atomic mass is 35.5. The molecule has 1 heterocycles. The molecule has 234 valence electrons. The zero-order valence-corrected chi connectivity index (χ0v) is 26.0. The van der Waals surface area contributed by atoms with Crippen molar-refractivity contribution in [3.63, 3.8) is 0 Å². The number of sulfonamides is 1. The monoisotopic (exact) mass is 644 g/mol. The Kier molecular flexibility index (Phi) is 10.6. The lowest BCUT2D eigenvalue weighted by Gasteiger charge is -2.25. The second-order valence-corrected chi connectivity index (χ2v) is 12.0. The summed E-state index contributed by atoms with van der Waals surface area (Å²) in [5, 5.41) is 18.1. The number of nitrogens with zero attached hydrogens (tertiary/aromatic N) is 4. The van der Waals surface area contributed by atoms with Gasteiger partial charge in [-0.15, -0.1) is 5.01 Å². The minimum absolute atomic E-state index is 0.0259. The van der Waals surface area contributed by atoms with Crippen molar-refractivity contribution in [3.8, 4) is 0 Å². The number of halogens is 1. The molecular weight excluding hydrogens is 612 g/mol. The van der Waals surface area contributed by atoms with Gasteiger partial charge >= 0.3 is 5.97 Å². The molecule has 1 amide bonds. The Labute approximate surface area is 260 Å². The molecular formula is C29H33ClN6O7S. The summed E-state index contributed by atoms with van der Waals surface area (Å²) in [6.07, 6.45) is 0.770. The summed E-state index contributed by atoms with van der Waals surface area (Å²) in [6, 6.07) is 17.8. The van der Waals surface area contributed by atoms with Crippen LogP contribution in [0.1, 0.15) is 52.6 Å².